The summed E-state index contributed by atoms with van der Waals surface area (Å²) in [6.45, 7) is 1.71. The van der Waals surface area contributed by atoms with Crippen molar-refractivity contribution in [1.29, 1.82) is 0 Å². The lowest BCUT2D eigenvalue weighted by Crippen LogP contribution is -2.32. The van der Waals surface area contributed by atoms with Gasteiger partial charge in [0.2, 0.25) is 0 Å². The van der Waals surface area contributed by atoms with Crippen LogP contribution in [0.25, 0.3) is 5.52 Å². The van der Waals surface area contributed by atoms with E-state index in [0.717, 1.165) is 18.5 Å². The maximum Gasteiger partial charge on any atom is 0.252 e. The predicted molar refractivity (Wildman–Crippen MR) is 97.4 cm³/mol. The van der Waals surface area contributed by atoms with Gasteiger partial charge < -0.3 is 9.72 Å². The van der Waals surface area contributed by atoms with Gasteiger partial charge in [0.15, 0.2) is 0 Å². The van der Waals surface area contributed by atoms with E-state index in [9.17, 15) is 4.79 Å². The summed E-state index contributed by atoms with van der Waals surface area (Å²) in [5.74, 6) is 0.387. The Morgan fingerprint density at radius 3 is 3.04 bits per heavy atom. The smallest absolute Gasteiger partial charge is 0.252 e. The molecule has 4 heterocycles. The number of carbonyl (C=O) groups excluding carboxylic acids is 1. The molecule has 1 fully saturated rings. The number of fused-ring (bicyclic) bond motifs is 1. The first-order chi connectivity index (χ1) is 12.2. The monoisotopic (exact) mass is 334 g/mol. The van der Waals surface area contributed by atoms with E-state index in [4.69, 9.17) is 0 Å². The number of aromatic nitrogens is 2. The van der Waals surface area contributed by atoms with E-state index >= 15 is 0 Å². The zero-order valence-corrected chi connectivity index (χ0v) is 14.3. The second kappa shape index (κ2) is 6.69. The summed E-state index contributed by atoms with van der Waals surface area (Å²) in [6.07, 6.45) is 8.64. The first-order valence-electron chi connectivity index (χ1n) is 8.67. The van der Waals surface area contributed by atoms with Gasteiger partial charge in [0.1, 0.15) is 0 Å². The maximum atomic E-state index is 12.5. The van der Waals surface area contributed by atoms with E-state index < -0.39 is 0 Å². The van der Waals surface area contributed by atoms with Crippen LogP contribution in [0.2, 0.25) is 0 Å². The Hall–Kier alpha value is -2.66. The minimum atomic E-state index is -0.0109. The Morgan fingerprint density at radius 1 is 1.32 bits per heavy atom. The van der Waals surface area contributed by atoms with Crippen molar-refractivity contribution in [3.05, 3.63) is 72.3 Å². The molecule has 5 nitrogen and oxygen atoms in total. The Morgan fingerprint density at radius 2 is 2.24 bits per heavy atom. The van der Waals surface area contributed by atoms with E-state index in [1.165, 1.54) is 5.56 Å². The molecule has 3 aromatic rings. The summed E-state index contributed by atoms with van der Waals surface area (Å²) in [7, 11) is 2.14. The fraction of sp³-hybridized carbons (Fsp3) is 0.300. The first-order valence-corrected chi connectivity index (χ1v) is 8.67. The highest BCUT2D eigenvalue weighted by Gasteiger charge is 2.33. The average Bonchev–Trinajstić information content (AvgIpc) is 3.24. The van der Waals surface area contributed by atoms with Gasteiger partial charge in [0.05, 0.1) is 5.56 Å². The molecule has 0 unspecified atom stereocenters. The van der Waals surface area contributed by atoms with E-state index in [2.05, 4.69) is 28.3 Å². The molecule has 3 aromatic heterocycles. The third-order valence-corrected chi connectivity index (χ3v) is 5.09. The molecule has 4 rings (SSSR count). The molecular formula is C20H22N4O. The highest BCUT2D eigenvalue weighted by atomic mass is 16.1. The molecule has 2 atom stereocenters. The normalized spacial score (nSPS) is 20.8. The molecule has 0 aliphatic carbocycles. The summed E-state index contributed by atoms with van der Waals surface area (Å²) in [5.41, 5.74) is 2.95. The van der Waals surface area contributed by atoms with Gasteiger partial charge in [-0.15, -0.1) is 0 Å². The van der Waals surface area contributed by atoms with Crippen LogP contribution in [0.3, 0.4) is 0 Å². The Balaban J connectivity index is 1.45. The zero-order chi connectivity index (χ0) is 17.2. The molecule has 0 saturated carbocycles. The highest BCUT2D eigenvalue weighted by molar-refractivity contribution is 5.95. The van der Waals surface area contributed by atoms with Crippen LogP contribution in [0.1, 0.15) is 28.4 Å². The molecule has 25 heavy (non-hydrogen) atoms. The van der Waals surface area contributed by atoms with Crippen molar-refractivity contribution < 1.29 is 4.79 Å². The van der Waals surface area contributed by atoms with Gasteiger partial charge in [0, 0.05) is 42.9 Å². The van der Waals surface area contributed by atoms with Gasteiger partial charge in [-0.2, -0.15) is 0 Å². The fourth-order valence-corrected chi connectivity index (χ4v) is 3.82. The van der Waals surface area contributed by atoms with Crippen molar-refractivity contribution in [2.45, 2.75) is 12.5 Å². The molecule has 0 aromatic carbocycles. The zero-order valence-electron chi connectivity index (χ0n) is 14.3. The van der Waals surface area contributed by atoms with Crippen LogP contribution < -0.4 is 5.32 Å². The number of hydrogen-bond donors (Lipinski definition) is 1. The number of nitrogens with zero attached hydrogens (tertiary/aromatic N) is 3. The van der Waals surface area contributed by atoms with Gasteiger partial charge >= 0.3 is 0 Å². The standard InChI is InChI=1S/C20H22N4O/c1-23-10-7-16(19(23)15-5-4-8-21-12-15)13-22-20(25)17-11-18-6-2-3-9-24(18)14-17/h2-6,8-9,11-12,14,16,19H,7,10,13H2,1H3,(H,22,25)/t16-,19-/m0/s1. The van der Waals surface area contributed by atoms with E-state index in [-0.39, 0.29) is 5.91 Å². The van der Waals surface area contributed by atoms with E-state index in [1.807, 2.05) is 53.3 Å². The van der Waals surface area contributed by atoms with Crippen molar-refractivity contribution in [3.63, 3.8) is 0 Å². The third-order valence-electron chi connectivity index (χ3n) is 5.09. The molecule has 1 saturated heterocycles. The third kappa shape index (κ3) is 3.15. The van der Waals surface area contributed by atoms with Gasteiger partial charge in [0.25, 0.3) is 5.91 Å². The Kier molecular flexibility index (Phi) is 4.24. The van der Waals surface area contributed by atoms with Crippen LogP contribution in [0, 0.1) is 5.92 Å². The van der Waals surface area contributed by atoms with Crippen molar-refractivity contribution in [2.75, 3.05) is 20.1 Å². The SMILES string of the molecule is CN1CC[C@@H](CNC(=O)c2cc3ccccn3c2)[C@@H]1c1cccnc1. The van der Waals surface area contributed by atoms with Crippen LogP contribution in [0.15, 0.2) is 61.2 Å². The predicted octanol–water partition coefficient (Wildman–Crippen LogP) is 2.76. The van der Waals surface area contributed by atoms with Crippen LogP contribution in [0.5, 0.6) is 0 Å². The number of rotatable bonds is 4. The lowest BCUT2D eigenvalue weighted by Gasteiger charge is -2.25. The summed E-state index contributed by atoms with van der Waals surface area (Å²) >= 11 is 0. The van der Waals surface area contributed by atoms with Crippen LogP contribution in [-0.4, -0.2) is 40.3 Å². The van der Waals surface area contributed by atoms with E-state index in [1.54, 1.807) is 6.20 Å². The Labute approximate surface area is 147 Å². The molecule has 128 valence electrons. The molecule has 0 spiro atoms. The summed E-state index contributed by atoms with van der Waals surface area (Å²) in [5, 5.41) is 3.12. The summed E-state index contributed by atoms with van der Waals surface area (Å²) in [4.78, 5) is 19.1. The fourth-order valence-electron chi connectivity index (χ4n) is 3.82. The second-order valence-corrected chi connectivity index (χ2v) is 6.73. The van der Waals surface area contributed by atoms with Crippen LogP contribution in [0.4, 0.5) is 0 Å². The maximum absolute atomic E-state index is 12.5. The average molecular weight is 334 g/mol. The topological polar surface area (TPSA) is 49.6 Å². The van der Waals surface area contributed by atoms with Gasteiger partial charge in [-0.3, -0.25) is 14.7 Å². The molecule has 1 N–H and O–H groups in total. The number of pyridine rings is 2. The van der Waals surface area contributed by atoms with Gasteiger partial charge in [-0.1, -0.05) is 12.1 Å². The number of amides is 1. The molecule has 1 amide bonds. The molecular weight excluding hydrogens is 312 g/mol. The van der Waals surface area contributed by atoms with Crippen molar-refractivity contribution in [1.82, 2.24) is 19.6 Å². The summed E-state index contributed by atoms with van der Waals surface area (Å²) in [6, 6.07) is 12.3. The lowest BCUT2D eigenvalue weighted by molar-refractivity contribution is 0.0943. The first kappa shape index (κ1) is 15.8. The number of likely N-dealkylation sites (tertiary alicyclic amines) is 1. The molecule has 0 radical (unpaired) electrons. The summed E-state index contributed by atoms with van der Waals surface area (Å²) < 4.78 is 1.97. The lowest BCUT2D eigenvalue weighted by atomic mass is 9.94. The minimum absolute atomic E-state index is 0.0109. The molecule has 1 aliphatic heterocycles. The largest absolute Gasteiger partial charge is 0.352 e. The molecule has 1 aliphatic rings. The number of nitrogens with one attached hydrogen (secondary N) is 1. The number of hydrogen-bond acceptors (Lipinski definition) is 3. The minimum Gasteiger partial charge on any atom is -0.352 e. The van der Waals surface area contributed by atoms with Crippen molar-refractivity contribution in [3.8, 4) is 0 Å². The van der Waals surface area contributed by atoms with Gasteiger partial charge in [-0.25, -0.2) is 0 Å². The molecule has 5 heteroatoms. The van der Waals surface area contributed by atoms with Crippen molar-refractivity contribution >= 4 is 11.4 Å². The Bertz CT molecular complexity index is 841. The van der Waals surface area contributed by atoms with Crippen LogP contribution >= 0.6 is 0 Å². The molecule has 0 bridgehead atoms. The quantitative estimate of drug-likeness (QED) is 0.798. The number of carbonyl (C=O) groups is 1. The highest BCUT2D eigenvalue weighted by Crippen LogP contribution is 2.35. The van der Waals surface area contributed by atoms with E-state index in [0.29, 0.717) is 24.1 Å². The second-order valence-electron chi connectivity index (χ2n) is 6.73. The van der Waals surface area contributed by atoms with Crippen molar-refractivity contribution in [2.24, 2.45) is 5.92 Å². The van der Waals surface area contributed by atoms with Gasteiger partial charge in [-0.05, 0) is 55.8 Å². The van der Waals surface area contributed by atoms with Crippen LogP contribution in [-0.2, 0) is 0 Å².